The van der Waals surface area contributed by atoms with E-state index >= 15 is 0 Å². The summed E-state index contributed by atoms with van der Waals surface area (Å²) in [4.78, 5) is 8.82. The van der Waals surface area contributed by atoms with E-state index in [9.17, 15) is 0 Å². The summed E-state index contributed by atoms with van der Waals surface area (Å²) in [6, 6.07) is 5.84. The van der Waals surface area contributed by atoms with Crippen molar-refractivity contribution < 1.29 is 0 Å². The molecule has 2 rings (SSSR count). The summed E-state index contributed by atoms with van der Waals surface area (Å²) < 4.78 is 0. The van der Waals surface area contributed by atoms with Crippen LogP contribution in [0, 0.1) is 17.2 Å². The first-order valence-corrected chi connectivity index (χ1v) is 6.45. The number of hydrogen-bond donors (Lipinski definition) is 0. The van der Waals surface area contributed by atoms with Crippen molar-refractivity contribution in [3.05, 3.63) is 23.9 Å². The van der Waals surface area contributed by atoms with E-state index in [1.165, 1.54) is 19.4 Å². The van der Waals surface area contributed by atoms with Crippen LogP contribution in [0.3, 0.4) is 0 Å². The Morgan fingerprint density at radius 2 is 2.44 bits per heavy atom. The van der Waals surface area contributed by atoms with Crippen molar-refractivity contribution in [2.75, 3.05) is 38.6 Å². The molecule has 0 amide bonds. The van der Waals surface area contributed by atoms with Crippen molar-refractivity contribution in [3.8, 4) is 6.07 Å². The fourth-order valence-electron chi connectivity index (χ4n) is 2.68. The van der Waals surface area contributed by atoms with Gasteiger partial charge in [0.2, 0.25) is 0 Å². The predicted octanol–water partition coefficient (Wildman–Crippen LogP) is 1.73. The van der Waals surface area contributed by atoms with E-state index in [0.717, 1.165) is 18.9 Å². The third kappa shape index (κ3) is 2.99. The van der Waals surface area contributed by atoms with Gasteiger partial charge < -0.3 is 9.80 Å². The molecular weight excluding hydrogens is 224 g/mol. The number of nitriles is 1. The molecule has 0 saturated carbocycles. The van der Waals surface area contributed by atoms with Crippen LogP contribution in [0.25, 0.3) is 0 Å². The second-order valence-corrected chi connectivity index (χ2v) is 5.14. The highest BCUT2D eigenvalue weighted by molar-refractivity contribution is 5.52. The Hall–Kier alpha value is -1.60. The molecule has 0 spiro atoms. The summed E-state index contributed by atoms with van der Waals surface area (Å²) in [5.74, 6) is 1.47. The van der Waals surface area contributed by atoms with Crippen LogP contribution in [-0.4, -0.2) is 43.6 Å². The third-order valence-electron chi connectivity index (χ3n) is 3.52. The second kappa shape index (κ2) is 5.83. The highest BCUT2D eigenvalue weighted by atomic mass is 15.2. The lowest BCUT2D eigenvalue weighted by molar-refractivity contribution is 0.213. The first kappa shape index (κ1) is 12.8. The van der Waals surface area contributed by atoms with Crippen LogP contribution in [0.2, 0.25) is 0 Å². The van der Waals surface area contributed by atoms with E-state index in [1.807, 2.05) is 19.2 Å². The first-order chi connectivity index (χ1) is 8.70. The molecule has 4 heteroatoms. The van der Waals surface area contributed by atoms with Gasteiger partial charge in [-0.05, 0) is 44.5 Å². The van der Waals surface area contributed by atoms with Crippen LogP contribution in [0.1, 0.15) is 18.4 Å². The van der Waals surface area contributed by atoms with E-state index in [4.69, 9.17) is 5.26 Å². The fourth-order valence-corrected chi connectivity index (χ4v) is 2.68. The van der Waals surface area contributed by atoms with Crippen molar-refractivity contribution in [3.63, 3.8) is 0 Å². The van der Waals surface area contributed by atoms with Crippen LogP contribution < -0.4 is 4.90 Å². The van der Waals surface area contributed by atoms with E-state index in [1.54, 1.807) is 6.20 Å². The minimum atomic E-state index is 0.657. The Kier molecular flexibility index (Phi) is 4.16. The maximum absolute atomic E-state index is 9.09. The van der Waals surface area contributed by atoms with Gasteiger partial charge >= 0.3 is 0 Å². The van der Waals surface area contributed by atoms with Gasteiger partial charge in [0, 0.05) is 26.3 Å². The molecule has 0 aromatic carbocycles. The Balaban J connectivity index is 2.03. The van der Waals surface area contributed by atoms with Crippen molar-refractivity contribution in [2.45, 2.75) is 12.8 Å². The van der Waals surface area contributed by atoms with Crippen LogP contribution in [0.5, 0.6) is 0 Å². The first-order valence-electron chi connectivity index (χ1n) is 6.45. The van der Waals surface area contributed by atoms with Crippen molar-refractivity contribution in [2.24, 2.45) is 5.92 Å². The molecular formula is C14H20N4. The number of aromatic nitrogens is 1. The Morgan fingerprint density at radius 1 is 1.61 bits per heavy atom. The lowest BCUT2D eigenvalue weighted by atomic mass is 9.98. The molecule has 1 aliphatic heterocycles. The van der Waals surface area contributed by atoms with Crippen LogP contribution >= 0.6 is 0 Å². The van der Waals surface area contributed by atoms with Gasteiger partial charge in [-0.3, -0.25) is 0 Å². The van der Waals surface area contributed by atoms with Crippen LogP contribution in [0.15, 0.2) is 18.3 Å². The molecule has 96 valence electrons. The second-order valence-electron chi connectivity index (χ2n) is 5.14. The van der Waals surface area contributed by atoms with Gasteiger partial charge in [-0.2, -0.15) is 5.26 Å². The van der Waals surface area contributed by atoms with Gasteiger partial charge in [0.1, 0.15) is 11.9 Å². The Bertz CT molecular complexity index is 438. The quantitative estimate of drug-likeness (QED) is 0.812. The molecule has 4 nitrogen and oxygen atoms in total. The van der Waals surface area contributed by atoms with Gasteiger partial charge in [-0.1, -0.05) is 0 Å². The lowest BCUT2D eigenvalue weighted by Crippen LogP contribution is -2.38. The molecule has 1 unspecified atom stereocenters. The number of pyridine rings is 1. The summed E-state index contributed by atoms with van der Waals surface area (Å²) in [5.41, 5.74) is 0.657. The van der Waals surface area contributed by atoms with Crippen LogP contribution in [-0.2, 0) is 0 Å². The summed E-state index contributed by atoms with van der Waals surface area (Å²) in [5, 5.41) is 9.09. The lowest BCUT2D eigenvalue weighted by Gasteiger charge is -2.32. The Morgan fingerprint density at radius 3 is 3.17 bits per heavy atom. The normalized spacial score (nSPS) is 20.4. The molecule has 1 atom stereocenters. The molecule has 1 saturated heterocycles. The molecule has 1 aromatic heterocycles. The highest BCUT2D eigenvalue weighted by Crippen LogP contribution is 2.20. The van der Waals surface area contributed by atoms with Gasteiger partial charge in [-0.15, -0.1) is 0 Å². The summed E-state index contributed by atoms with van der Waals surface area (Å²) in [6.07, 6.45) is 4.28. The molecule has 0 aliphatic carbocycles. The van der Waals surface area contributed by atoms with E-state index in [-0.39, 0.29) is 0 Å². The van der Waals surface area contributed by atoms with E-state index in [0.29, 0.717) is 11.5 Å². The van der Waals surface area contributed by atoms with Gasteiger partial charge in [0.15, 0.2) is 0 Å². The zero-order valence-corrected chi connectivity index (χ0v) is 11.1. The number of likely N-dealkylation sites (tertiary alicyclic amines) is 1. The highest BCUT2D eigenvalue weighted by Gasteiger charge is 2.20. The molecule has 2 heterocycles. The minimum Gasteiger partial charge on any atom is -0.358 e. The predicted molar refractivity (Wildman–Crippen MR) is 72.4 cm³/mol. The molecule has 0 bridgehead atoms. The molecule has 0 radical (unpaired) electrons. The maximum atomic E-state index is 9.09. The fraction of sp³-hybridized carbons (Fsp3) is 0.571. The largest absolute Gasteiger partial charge is 0.358 e. The summed E-state index contributed by atoms with van der Waals surface area (Å²) >= 11 is 0. The summed E-state index contributed by atoms with van der Waals surface area (Å²) in [6.45, 7) is 3.31. The summed E-state index contributed by atoms with van der Waals surface area (Å²) in [7, 11) is 4.20. The monoisotopic (exact) mass is 244 g/mol. The average molecular weight is 244 g/mol. The topological polar surface area (TPSA) is 43.2 Å². The zero-order chi connectivity index (χ0) is 13.0. The zero-order valence-electron chi connectivity index (χ0n) is 11.1. The number of piperidine rings is 1. The molecule has 1 fully saturated rings. The van der Waals surface area contributed by atoms with Gasteiger partial charge in [0.25, 0.3) is 0 Å². The van der Waals surface area contributed by atoms with Crippen molar-refractivity contribution >= 4 is 5.82 Å². The smallest absolute Gasteiger partial charge is 0.146 e. The number of anilines is 1. The Labute approximate surface area is 109 Å². The van der Waals surface area contributed by atoms with Crippen LogP contribution in [0.4, 0.5) is 5.82 Å². The minimum absolute atomic E-state index is 0.657. The van der Waals surface area contributed by atoms with Crippen molar-refractivity contribution in [1.82, 2.24) is 9.88 Å². The number of rotatable bonds is 3. The third-order valence-corrected chi connectivity index (χ3v) is 3.52. The molecule has 0 N–H and O–H groups in total. The van der Waals surface area contributed by atoms with Gasteiger partial charge in [-0.25, -0.2) is 4.98 Å². The number of nitrogens with zero attached hydrogens (tertiary/aromatic N) is 4. The maximum Gasteiger partial charge on any atom is 0.146 e. The molecule has 18 heavy (non-hydrogen) atoms. The van der Waals surface area contributed by atoms with Gasteiger partial charge in [0.05, 0.1) is 5.56 Å². The van der Waals surface area contributed by atoms with Crippen molar-refractivity contribution in [1.29, 1.82) is 5.26 Å². The number of hydrogen-bond acceptors (Lipinski definition) is 4. The SMILES string of the molecule is CN1CCCC(CN(C)c2ncccc2C#N)C1. The molecule has 1 aliphatic rings. The van der Waals surface area contributed by atoms with E-state index in [2.05, 4.69) is 27.9 Å². The standard InChI is InChI=1S/C14H20N4/c1-17-8-4-5-12(10-17)11-18(2)14-13(9-15)6-3-7-16-14/h3,6-7,12H,4-5,8,10-11H2,1-2H3. The van der Waals surface area contributed by atoms with E-state index < -0.39 is 0 Å². The average Bonchev–Trinajstić information content (AvgIpc) is 2.38. The molecule has 1 aromatic rings.